The Morgan fingerprint density at radius 3 is 2.94 bits per heavy atom. The van der Waals surface area contributed by atoms with Crippen LogP contribution in [0.1, 0.15) is 24.2 Å². The van der Waals surface area contributed by atoms with Gasteiger partial charge in [0.05, 0.1) is 11.7 Å². The fraction of sp³-hybridized carbons (Fsp3) is 0.357. The normalized spacial score (nSPS) is 22.4. The van der Waals surface area contributed by atoms with Crippen molar-refractivity contribution in [2.24, 2.45) is 5.92 Å². The Labute approximate surface area is 106 Å². The molecule has 1 aromatic heterocycles. The van der Waals surface area contributed by atoms with Gasteiger partial charge in [0.2, 0.25) is 5.95 Å². The third-order valence-corrected chi connectivity index (χ3v) is 3.48. The van der Waals surface area contributed by atoms with Crippen molar-refractivity contribution in [3.05, 3.63) is 47.5 Å². The van der Waals surface area contributed by atoms with E-state index in [2.05, 4.69) is 21.8 Å². The highest BCUT2D eigenvalue weighted by Crippen LogP contribution is 2.33. The zero-order valence-corrected chi connectivity index (χ0v) is 10.5. The summed E-state index contributed by atoms with van der Waals surface area (Å²) in [5, 5.41) is 3.34. The highest BCUT2D eigenvalue weighted by molar-refractivity contribution is 5.38. The molecule has 2 atom stereocenters. The third-order valence-electron chi connectivity index (χ3n) is 3.48. The van der Waals surface area contributed by atoms with Crippen molar-refractivity contribution in [1.82, 2.24) is 9.55 Å². The molecule has 4 heteroatoms. The molecule has 3 rings (SSSR count). The third kappa shape index (κ3) is 1.78. The van der Waals surface area contributed by atoms with Crippen LogP contribution in [0.15, 0.2) is 30.5 Å². The number of imidazole rings is 1. The van der Waals surface area contributed by atoms with Gasteiger partial charge >= 0.3 is 0 Å². The molecule has 0 radical (unpaired) electrons. The van der Waals surface area contributed by atoms with Crippen LogP contribution >= 0.6 is 0 Å². The van der Waals surface area contributed by atoms with Gasteiger partial charge in [-0.25, -0.2) is 9.37 Å². The molecule has 0 saturated carbocycles. The number of rotatable bonds is 1. The fourth-order valence-electron chi connectivity index (χ4n) is 2.61. The smallest absolute Gasteiger partial charge is 0.203 e. The van der Waals surface area contributed by atoms with Crippen molar-refractivity contribution in [3.63, 3.8) is 0 Å². The maximum Gasteiger partial charge on any atom is 0.203 e. The monoisotopic (exact) mass is 245 g/mol. The summed E-state index contributed by atoms with van der Waals surface area (Å²) in [5.74, 6) is 1.00. The predicted octanol–water partition coefficient (Wildman–Crippen LogP) is 3.13. The van der Waals surface area contributed by atoms with Gasteiger partial charge in [0.25, 0.3) is 0 Å². The summed E-state index contributed by atoms with van der Waals surface area (Å²) < 4.78 is 16.0. The summed E-state index contributed by atoms with van der Waals surface area (Å²) in [5.41, 5.74) is 1.70. The molecule has 0 bridgehead atoms. The van der Waals surface area contributed by atoms with Crippen LogP contribution in [0.3, 0.4) is 0 Å². The highest BCUT2D eigenvalue weighted by Gasteiger charge is 2.28. The Morgan fingerprint density at radius 2 is 2.17 bits per heavy atom. The summed E-state index contributed by atoms with van der Waals surface area (Å²) >= 11 is 0. The van der Waals surface area contributed by atoms with Gasteiger partial charge in [0, 0.05) is 18.3 Å². The van der Waals surface area contributed by atoms with Gasteiger partial charge in [-0.15, -0.1) is 0 Å². The van der Waals surface area contributed by atoms with Gasteiger partial charge in [-0.1, -0.05) is 25.1 Å². The maximum absolute atomic E-state index is 13.9. The molecule has 0 aliphatic carbocycles. The van der Waals surface area contributed by atoms with E-state index in [0.717, 1.165) is 23.8 Å². The summed E-state index contributed by atoms with van der Waals surface area (Å²) in [6.07, 6.45) is 2.02. The van der Waals surface area contributed by atoms with Crippen molar-refractivity contribution in [1.29, 1.82) is 0 Å². The van der Waals surface area contributed by atoms with Crippen LogP contribution in [0.25, 0.3) is 0 Å². The number of anilines is 1. The van der Waals surface area contributed by atoms with Gasteiger partial charge in [0.1, 0.15) is 5.82 Å². The first-order valence-electron chi connectivity index (χ1n) is 6.20. The van der Waals surface area contributed by atoms with Crippen molar-refractivity contribution in [2.45, 2.75) is 26.4 Å². The van der Waals surface area contributed by atoms with Crippen LogP contribution < -0.4 is 5.32 Å². The summed E-state index contributed by atoms with van der Waals surface area (Å²) in [6.45, 7) is 4.96. The van der Waals surface area contributed by atoms with Crippen LogP contribution in [0.5, 0.6) is 0 Å². The maximum atomic E-state index is 13.9. The van der Waals surface area contributed by atoms with Crippen molar-refractivity contribution in [3.8, 4) is 0 Å². The van der Waals surface area contributed by atoms with E-state index in [0.29, 0.717) is 5.92 Å². The van der Waals surface area contributed by atoms with Gasteiger partial charge in [0.15, 0.2) is 0 Å². The van der Waals surface area contributed by atoms with E-state index in [1.54, 1.807) is 6.07 Å². The molecule has 3 nitrogen and oxygen atoms in total. The Balaban J connectivity index is 1.98. The van der Waals surface area contributed by atoms with Crippen molar-refractivity contribution < 1.29 is 4.39 Å². The first-order chi connectivity index (χ1) is 8.65. The largest absolute Gasteiger partial charge is 0.348 e. The molecule has 2 heterocycles. The second-order valence-electron chi connectivity index (χ2n) is 4.98. The van der Waals surface area contributed by atoms with E-state index >= 15 is 0 Å². The number of fused-ring (bicyclic) bond motifs is 1. The summed E-state index contributed by atoms with van der Waals surface area (Å²) in [4.78, 5) is 4.42. The van der Waals surface area contributed by atoms with E-state index in [-0.39, 0.29) is 11.9 Å². The standard InChI is InChI=1S/C14H16FN3/c1-9-7-18-8-10(2)16-14(18)17-13(9)11-5-3-4-6-12(11)15/h3-6,8-9,13H,7H2,1-2H3,(H,16,17). The molecule has 0 amide bonds. The number of halogens is 1. The van der Waals surface area contributed by atoms with E-state index < -0.39 is 0 Å². The SMILES string of the molecule is Cc1cn2c(n1)NC(c1ccccc1F)C(C)C2. The van der Waals surface area contributed by atoms with Crippen molar-refractivity contribution in [2.75, 3.05) is 5.32 Å². The Bertz CT molecular complexity index is 576. The van der Waals surface area contributed by atoms with Crippen LogP contribution in [0, 0.1) is 18.7 Å². The van der Waals surface area contributed by atoms with Gasteiger partial charge in [-0.2, -0.15) is 0 Å². The van der Waals surface area contributed by atoms with Crippen molar-refractivity contribution >= 4 is 5.95 Å². The quantitative estimate of drug-likeness (QED) is 0.836. The second kappa shape index (κ2) is 4.12. The van der Waals surface area contributed by atoms with Crippen LogP contribution in [0.2, 0.25) is 0 Å². The number of nitrogens with zero attached hydrogens (tertiary/aromatic N) is 2. The summed E-state index contributed by atoms with van der Waals surface area (Å²) in [7, 11) is 0. The minimum atomic E-state index is -0.154. The molecule has 1 aliphatic rings. The molecular weight excluding hydrogens is 229 g/mol. The van der Waals surface area contributed by atoms with E-state index in [1.165, 1.54) is 6.07 Å². The molecule has 1 aromatic carbocycles. The van der Waals surface area contributed by atoms with E-state index in [9.17, 15) is 4.39 Å². The minimum Gasteiger partial charge on any atom is -0.348 e. The molecule has 0 spiro atoms. The average Bonchev–Trinajstić information content (AvgIpc) is 2.68. The molecule has 0 saturated heterocycles. The van der Waals surface area contributed by atoms with Crippen LogP contribution in [0.4, 0.5) is 10.3 Å². The van der Waals surface area contributed by atoms with E-state index in [4.69, 9.17) is 0 Å². The van der Waals surface area contributed by atoms with Gasteiger partial charge in [-0.3, -0.25) is 0 Å². The lowest BCUT2D eigenvalue weighted by molar-refractivity contribution is 0.387. The minimum absolute atomic E-state index is 0.0134. The number of benzene rings is 1. The number of aromatic nitrogens is 2. The predicted molar refractivity (Wildman–Crippen MR) is 68.9 cm³/mol. The first kappa shape index (κ1) is 11.3. The van der Waals surface area contributed by atoms with Gasteiger partial charge in [-0.05, 0) is 18.9 Å². The topological polar surface area (TPSA) is 29.9 Å². The molecule has 1 aliphatic heterocycles. The molecule has 94 valence electrons. The highest BCUT2D eigenvalue weighted by atomic mass is 19.1. The molecule has 2 aromatic rings. The molecular formula is C14H16FN3. The van der Waals surface area contributed by atoms with E-state index in [1.807, 2.05) is 25.3 Å². The second-order valence-corrected chi connectivity index (χ2v) is 4.98. The molecule has 1 N–H and O–H groups in total. The van der Waals surface area contributed by atoms with Crippen LogP contribution in [-0.4, -0.2) is 9.55 Å². The number of aryl methyl sites for hydroxylation is 1. The Morgan fingerprint density at radius 1 is 1.39 bits per heavy atom. The number of hydrogen-bond acceptors (Lipinski definition) is 2. The summed E-state index contributed by atoms with van der Waals surface area (Å²) in [6, 6.07) is 6.93. The Kier molecular flexibility index (Phi) is 2.58. The lowest BCUT2D eigenvalue weighted by atomic mass is 9.93. The molecule has 0 fully saturated rings. The zero-order chi connectivity index (χ0) is 12.7. The van der Waals surface area contributed by atoms with Gasteiger partial charge < -0.3 is 9.88 Å². The lowest BCUT2D eigenvalue weighted by Crippen LogP contribution is -2.30. The molecule has 18 heavy (non-hydrogen) atoms. The molecule has 2 unspecified atom stereocenters. The lowest BCUT2D eigenvalue weighted by Gasteiger charge is -2.31. The van der Waals surface area contributed by atoms with Crippen LogP contribution in [-0.2, 0) is 6.54 Å². The average molecular weight is 245 g/mol. The number of hydrogen-bond donors (Lipinski definition) is 1. The Hall–Kier alpha value is -1.84. The fourth-order valence-corrected chi connectivity index (χ4v) is 2.61. The number of nitrogens with one attached hydrogen (secondary N) is 1. The zero-order valence-electron chi connectivity index (χ0n) is 10.5. The first-order valence-corrected chi connectivity index (χ1v) is 6.20.